The number of carbonyl (C=O) groups excluding carboxylic acids is 1. The minimum Gasteiger partial charge on any atom is -0.356 e. The predicted octanol–water partition coefficient (Wildman–Crippen LogP) is 3.33. The van der Waals surface area contributed by atoms with Crippen LogP contribution in [0.5, 0.6) is 0 Å². The number of amides is 1. The summed E-state index contributed by atoms with van der Waals surface area (Å²) in [5.74, 6) is -0.352. The molecule has 3 aromatic rings. The Hall–Kier alpha value is -2.63. The molecule has 1 atom stereocenters. The SMILES string of the molecule is O=C(NC1CCCc2c1[nH]c1ccc(F)cc21)c1n[nH]c2c1CCC2. The van der Waals surface area contributed by atoms with E-state index in [2.05, 4.69) is 20.5 Å². The third kappa shape index (κ3) is 2.27. The molecule has 0 aliphatic heterocycles. The molecule has 6 heteroatoms. The molecule has 2 heterocycles. The van der Waals surface area contributed by atoms with Crippen molar-refractivity contribution in [1.82, 2.24) is 20.5 Å². The number of aryl methyl sites for hydroxylation is 2. The van der Waals surface area contributed by atoms with Crippen LogP contribution in [0, 0.1) is 5.82 Å². The first-order chi connectivity index (χ1) is 12.2. The quantitative estimate of drug-likeness (QED) is 0.670. The molecule has 0 saturated carbocycles. The van der Waals surface area contributed by atoms with E-state index in [4.69, 9.17) is 0 Å². The van der Waals surface area contributed by atoms with Crippen molar-refractivity contribution in [3.63, 3.8) is 0 Å². The van der Waals surface area contributed by atoms with E-state index >= 15 is 0 Å². The van der Waals surface area contributed by atoms with E-state index in [0.29, 0.717) is 5.69 Å². The van der Waals surface area contributed by atoms with E-state index < -0.39 is 0 Å². The standard InChI is InChI=1S/C19H19FN4O/c20-10-7-8-14-13(9-10)11-3-1-6-16(17(11)21-14)22-19(25)18-12-4-2-5-15(12)23-24-18/h7-9,16,21H,1-6H2,(H,22,25)(H,23,24). The molecule has 128 valence electrons. The van der Waals surface area contributed by atoms with E-state index in [0.717, 1.165) is 71.9 Å². The van der Waals surface area contributed by atoms with Crippen molar-refractivity contribution in [2.24, 2.45) is 0 Å². The van der Waals surface area contributed by atoms with Gasteiger partial charge in [-0.25, -0.2) is 4.39 Å². The summed E-state index contributed by atoms with van der Waals surface area (Å²) in [6, 6.07) is 4.73. The number of rotatable bonds is 2. The first kappa shape index (κ1) is 14.7. The number of nitrogens with zero attached hydrogens (tertiary/aromatic N) is 1. The molecule has 0 radical (unpaired) electrons. The van der Waals surface area contributed by atoms with Crippen molar-refractivity contribution >= 4 is 16.8 Å². The molecule has 0 spiro atoms. The van der Waals surface area contributed by atoms with Crippen LogP contribution in [0.1, 0.15) is 58.3 Å². The van der Waals surface area contributed by atoms with Gasteiger partial charge in [0.2, 0.25) is 0 Å². The number of carbonyl (C=O) groups is 1. The molecule has 1 amide bonds. The van der Waals surface area contributed by atoms with Gasteiger partial charge in [-0.2, -0.15) is 5.10 Å². The first-order valence-corrected chi connectivity index (χ1v) is 8.87. The number of fused-ring (bicyclic) bond motifs is 4. The fourth-order valence-electron chi connectivity index (χ4n) is 4.31. The average molecular weight is 338 g/mol. The summed E-state index contributed by atoms with van der Waals surface area (Å²) in [4.78, 5) is 16.1. The molecule has 2 aromatic heterocycles. The zero-order valence-corrected chi connectivity index (χ0v) is 13.8. The number of H-pyrrole nitrogens is 2. The van der Waals surface area contributed by atoms with Crippen LogP contribution in [0.3, 0.4) is 0 Å². The van der Waals surface area contributed by atoms with Gasteiger partial charge in [-0.3, -0.25) is 9.89 Å². The van der Waals surface area contributed by atoms with E-state index in [1.807, 2.05) is 0 Å². The number of nitrogens with one attached hydrogen (secondary N) is 3. The molecule has 1 unspecified atom stereocenters. The van der Waals surface area contributed by atoms with Gasteiger partial charge in [0.15, 0.2) is 5.69 Å². The zero-order chi connectivity index (χ0) is 17.0. The Morgan fingerprint density at radius 3 is 3.00 bits per heavy atom. The number of hydrogen-bond acceptors (Lipinski definition) is 2. The van der Waals surface area contributed by atoms with E-state index in [9.17, 15) is 9.18 Å². The molecule has 0 saturated heterocycles. The van der Waals surface area contributed by atoms with Gasteiger partial charge in [0.05, 0.1) is 6.04 Å². The largest absolute Gasteiger partial charge is 0.356 e. The molecule has 5 nitrogen and oxygen atoms in total. The Labute approximate surface area is 144 Å². The molecular weight excluding hydrogens is 319 g/mol. The lowest BCUT2D eigenvalue weighted by Crippen LogP contribution is -2.31. The minimum atomic E-state index is -0.229. The van der Waals surface area contributed by atoms with Crippen LogP contribution in [0.2, 0.25) is 0 Å². The topological polar surface area (TPSA) is 73.6 Å². The van der Waals surface area contributed by atoms with Gasteiger partial charge in [-0.05, 0) is 62.3 Å². The molecule has 0 bridgehead atoms. The summed E-state index contributed by atoms with van der Waals surface area (Å²) in [6.07, 6.45) is 5.71. The van der Waals surface area contributed by atoms with Crippen LogP contribution in [0.15, 0.2) is 18.2 Å². The van der Waals surface area contributed by atoms with Crippen LogP contribution in [-0.4, -0.2) is 21.1 Å². The lowest BCUT2D eigenvalue weighted by atomic mass is 9.91. The highest BCUT2D eigenvalue weighted by molar-refractivity contribution is 5.94. The number of aromatic nitrogens is 3. The van der Waals surface area contributed by atoms with Crippen molar-refractivity contribution in [2.45, 2.75) is 44.6 Å². The molecule has 2 aliphatic carbocycles. The lowest BCUT2D eigenvalue weighted by molar-refractivity contribution is 0.0926. The van der Waals surface area contributed by atoms with Gasteiger partial charge < -0.3 is 10.3 Å². The summed E-state index contributed by atoms with van der Waals surface area (Å²) in [5, 5.41) is 11.3. The number of hydrogen-bond donors (Lipinski definition) is 3. The molecule has 25 heavy (non-hydrogen) atoms. The Bertz CT molecular complexity index is 987. The fraction of sp³-hybridized carbons (Fsp3) is 0.368. The molecule has 0 fully saturated rings. The van der Waals surface area contributed by atoms with Crippen molar-refractivity contribution < 1.29 is 9.18 Å². The summed E-state index contributed by atoms with van der Waals surface area (Å²) < 4.78 is 13.6. The van der Waals surface area contributed by atoms with Crippen molar-refractivity contribution in [3.8, 4) is 0 Å². The van der Waals surface area contributed by atoms with Crippen molar-refractivity contribution in [3.05, 3.63) is 52.2 Å². The maximum Gasteiger partial charge on any atom is 0.272 e. The van der Waals surface area contributed by atoms with Crippen LogP contribution in [0.4, 0.5) is 4.39 Å². The van der Waals surface area contributed by atoms with Gasteiger partial charge in [-0.1, -0.05) is 0 Å². The van der Waals surface area contributed by atoms with Crippen LogP contribution in [0.25, 0.3) is 10.9 Å². The number of benzene rings is 1. The minimum absolute atomic E-state index is 0.0829. The second-order valence-corrected chi connectivity index (χ2v) is 7.01. The Morgan fingerprint density at radius 1 is 1.20 bits per heavy atom. The highest BCUT2D eigenvalue weighted by Crippen LogP contribution is 2.35. The summed E-state index contributed by atoms with van der Waals surface area (Å²) in [7, 11) is 0. The molecule has 1 aromatic carbocycles. The third-order valence-corrected chi connectivity index (χ3v) is 5.50. The van der Waals surface area contributed by atoms with Gasteiger partial charge in [0.1, 0.15) is 5.82 Å². The molecule has 5 rings (SSSR count). The van der Waals surface area contributed by atoms with Crippen LogP contribution < -0.4 is 5.32 Å². The lowest BCUT2D eigenvalue weighted by Gasteiger charge is -2.23. The number of aromatic amines is 2. The fourth-order valence-corrected chi connectivity index (χ4v) is 4.31. The van der Waals surface area contributed by atoms with Gasteiger partial charge in [0.25, 0.3) is 5.91 Å². The summed E-state index contributed by atoms with van der Waals surface area (Å²) >= 11 is 0. The predicted molar refractivity (Wildman–Crippen MR) is 92.0 cm³/mol. The smallest absolute Gasteiger partial charge is 0.272 e. The molecular formula is C19H19FN4O. The Kier molecular flexibility index (Phi) is 3.20. The monoisotopic (exact) mass is 338 g/mol. The highest BCUT2D eigenvalue weighted by atomic mass is 19.1. The first-order valence-electron chi connectivity index (χ1n) is 8.87. The van der Waals surface area contributed by atoms with Crippen molar-refractivity contribution in [1.29, 1.82) is 0 Å². The number of halogens is 1. The van der Waals surface area contributed by atoms with Crippen LogP contribution in [-0.2, 0) is 19.3 Å². The van der Waals surface area contributed by atoms with Gasteiger partial charge in [-0.15, -0.1) is 0 Å². The van der Waals surface area contributed by atoms with Gasteiger partial charge >= 0.3 is 0 Å². The van der Waals surface area contributed by atoms with Crippen molar-refractivity contribution in [2.75, 3.05) is 0 Å². The Morgan fingerprint density at radius 2 is 2.08 bits per heavy atom. The molecule has 3 N–H and O–H groups in total. The highest BCUT2D eigenvalue weighted by Gasteiger charge is 2.29. The maximum atomic E-state index is 13.6. The van der Waals surface area contributed by atoms with E-state index in [-0.39, 0.29) is 17.8 Å². The second kappa shape index (κ2) is 5.44. The van der Waals surface area contributed by atoms with Crippen LogP contribution >= 0.6 is 0 Å². The normalized spacial score (nSPS) is 19.0. The maximum absolute atomic E-state index is 13.6. The Balaban J connectivity index is 1.48. The average Bonchev–Trinajstić information content (AvgIpc) is 3.28. The molecule has 2 aliphatic rings. The van der Waals surface area contributed by atoms with E-state index in [1.54, 1.807) is 12.1 Å². The van der Waals surface area contributed by atoms with E-state index in [1.165, 1.54) is 6.07 Å². The zero-order valence-electron chi connectivity index (χ0n) is 13.8. The van der Waals surface area contributed by atoms with Gasteiger partial charge in [0, 0.05) is 27.9 Å². The summed E-state index contributed by atoms with van der Waals surface area (Å²) in [6.45, 7) is 0. The third-order valence-electron chi connectivity index (χ3n) is 5.50. The second-order valence-electron chi connectivity index (χ2n) is 7.01. The summed E-state index contributed by atoms with van der Waals surface area (Å²) in [5.41, 5.74) is 5.74.